The molecule has 21 heavy (non-hydrogen) atoms. The van der Waals surface area contributed by atoms with Crippen LogP contribution in [0.15, 0.2) is 23.1 Å². The highest BCUT2D eigenvalue weighted by atomic mass is 32.2. The Kier molecular flexibility index (Phi) is 6.12. The van der Waals surface area contributed by atoms with Gasteiger partial charge in [0.2, 0.25) is 5.91 Å². The van der Waals surface area contributed by atoms with Gasteiger partial charge in [0.05, 0.1) is 0 Å². The van der Waals surface area contributed by atoms with Crippen LogP contribution in [0.5, 0.6) is 0 Å². The lowest BCUT2D eigenvalue weighted by molar-refractivity contribution is -0.116. The zero-order chi connectivity index (χ0) is 15.2. The molecule has 1 amide bonds. The van der Waals surface area contributed by atoms with E-state index in [1.165, 1.54) is 11.3 Å². The summed E-state index contributed by atoms with van der Waals surface area (Å²) in [5.74, 6) is 0.111. The van der Waals surface area contributed by atoms with E-state index < -0.39 is 0 Å². The van der Waals surface area contributed by atoms with Crippen LogP contribution in [0.1, 0.15) is 45.1 Å². The summed E-state index contributed by atoms with van der Waals surface area (Å²) in [6.45, 7) is 7.54. The number of anilines is 1. The lowest BCUT2D eigenvalue weighted by atomic mass is 10.1. The van der Waals surface area contributed by atoms with E-state index in [9.17, 15) is 4.79 Å². The Morgan fingerprint density at radius 3 is 2.95 bits per heavy atom. The molecule has 1 fully saturated rings. The summed E-state index contributed by atoms with van der Waals surface area (Å²) in [6, 6.07) is 6.65. The highest BCUT2D eigenvalue weighted by Crippen LogP contribution is 2.28. The van der Waals surface area contributed by atoms with E-state index in [2.05, 4.69) is 43.5 Å². The molecule has 0 aliphatic carbocycles. The van der Waals surface area contributed by atoms with Crippen molar-refractivity contribution in [1.29, 1.82) is 0 Å². The SMILES string of the molecule is CCC(C)Sc1ccc(NC(=O)CC2CCCN2)c(C)c1. The Hall–Kier alpha value is -1.00. The highest BCUT2D eigenvalue weighted by molar-refractivity contribution is 7.99. The number of rotatable bonds is 6. The molecule has 2 atom stereocenters. The minimum atomic E-state index is 0.111. The Balaban J connectivity index is 1.92. The van der Waals surface area contributed by atoms with Crippen molar-refractivity contribution in [2.45, 2.75) is 62.6 Å². The third-order valence-electron chi connectivity index (χ3n) is 3.98. The number of hydrogen-bond acceptors (Lipinski definition) is 3. The summed E-state index contributed by atoms with van der Waals surface area (Å²) in [5.41, 5.74) is 2.07. The monoisotopic (exact) mass is 306 g/mol. The number of carbonyl (C=O) groups is 1. The van der Waals surface area contributed by atoms with Crippen molar-refractivity contribution in [1.82, 2.24) is 5.32 Å². The predicted octanol–water partition coefficient (Wildman–Crippen LogP) is 3.97. The van der Waals surface area contributed by atoms with Crippen LogP contribution in [-0.4, -0.2) is 23.7 Å². The van der Waals surface area contributed by atoms with E-state index in [0.29, 0.717) is 17.7 Å². The Morgan fingerprint density at radius 2 is 2.33 bits per heavy atom. The van der Waals surface area contributed by atoms with Crippen molar-refractivity contribution in [3.05, 3.63) is 23.8 Å². The van der Waals surface area contributed by atoms with Crippen molar-refractivity contribution in [2.75, 3.05) is 11.9 Å². The van der Waals surface area contributed by atoms with Gasteiger partial charge >= 0.3 is 0 Å². The van der Waals surface area contributed by atoms with Gasteiger partial charge in [-0.2, -0.15) is 0 Å². The topological polar surface area (TPSA) is 41.1 Å². The first-order chi connectivity index (χ1) is 10.1. The van der Waals surface area contributed by atoms with Crippen LogP contribution >= 0.6 is 11.8 Å². The maximum Gasteiger partial charge on any atom is 0.225 e. The molecule has 116 valence electrons. The number of nitrogens with one attached hydrogen (secondary N) is 2. The smallest absolute Gasteiger partial charge is 0.225 e. The number of carbonyl (C=O) groups excluding carboxylic acids is 1. The lowest BCUT2D eigenvalue weighted by Crippen LogP contribution is -2.27. The first-order valence-corrected chi connectivity index (χ1v) is 8.77. The molecule has 2 unspecified atom stereocenters. The molecule has 3 nitrogen and oxygen atoms in total. The van der Waals surface area contributed by atoms with Gasteiger partial charge in [-0.05, 0) is 56.5 Å². The number of benzene rings is 1. The summed E-state index contributed by atoms with van der Waals surface area (Å²) in [7, 11) is 0. The van der Waals surface area contributed by atoms with E-state index in [0.717, 1.165) is 30.6 Å². The van der Waals surface area contributed by atoms with Crippen LogP contribution in [0.3, 0.4) is 0 Å². The third kappa shape index (κ3) is 5.04. The van der Waals surface area contributed by atoms with E-state index in [4.69, 9.17) is 0 Å². The summed E-state index contributed by atoms with van der Waals surface area (Å²) in [4.78, 5) is 13.3. The van der Waals surface area contributed by atoms with Crippen LogP contribution in [0.2, 0.25) is 0 Å². The minimum absolute atomic E-state index is 0.111. The van der Waals surface area contributed by atoms with Crippen molar-refractivity contribution in [2.24, 2.45) is 0 Å². The summed E-state index contributed by atoms with van der Waals surface area (Å²) >= 11 is 1.89. The molecule has 4 heteroatoms. The van der Waals surface area contributed by atoms with Crippen LogP contribution in [0.4, 0.5) is 5.69 Å². The van der Waals surface area contributed by atoms with Gasteiger partial charge in [-0.1, -0.05) is 13.8 Å². The molecule has 0 radical (unpaired) electrons. The van der Waals surface area contributed by atoms with Gasteiger partial charge in [0.1, 0.15) is 0 Å². The lowest BCUT2D eigenvalue weighted by Gasteiger charge is -2.14. The summed E-state index contributed by atoms with van der Waals surface area (Å²) in [6.07, 6.45) is 4.02. The Bertz CT molecular complexity index is 484. The van der Waals surface area contributed by atoms with E-state index in [1.807, 2.05) is 17.8 Å². The molecule has 1 heterocycles. The Morgan fingerprint density at radius 1 is 1.52 bits per heavy atom. The number of thioether (sulfide) groups is 1. The fraction of sp³-hybridized carbons (Fsp3) is 0.588. The van der Waals surface area contributed by atoms with Crippen molar-refractivity contribution >= 4 is 23.4 Å². The van der Waals surface area contributed by atoms with Gasteiger partial charge < -0.3 is 10.6 Å². The maximum absolute atomic E-state index is 12.1. The molecule has 0 spiro atoms. The summed E-state index contributed by atoms with van der Waals surface area (Å²) < 4.78 is 0. The van der Waals surface area contributed by atoms with Gasteiger partial charge in [0, 0.05) is 28.3 Å². The molecule has 1 aromatic rings. The quantitative estimate of drug-likeness (QED) is 0.781. The first-order valence-electron chi connectivity index (χ1n) is 7.89. The normalized spacial score (nSPS) is 19.5. The second-order valence-corrected chi connectivity index (χ2v) is 7.37. The molecule has 0 saturated carbocycles. The largest absolute Gasteiger partial charge is 0.326 e. The molecule has 1 saturated heterocycles. The average molecular weight is 306 g/mol. The number of amides is 1. The molecular formula is C17H26N2OS. The molecule has 2 N–H and O–H groups in total. The molecule has 1 aliphatic heterocycles. The second-order valence-electron chi connectivity index (χ2n) is 5.86. The van der Waals surface area contributed by atoms with Gasteiger partial charge in [0.15, 0.2) is 0 Å². The Labute approximate surface area is 132 Å². The standard InChI is InChI=1S/C17H26N2OS/c1-4-13(3)21-15-7-8-16(12(2)10-15)19-17(20)11-14-6-5-9-18-14/h7-8,10,13-14,18H,4-6,9,11H2,1-3H3,(H,19,20). The average Bonchev–Trinajstić information content (AvgIpc) is 2.94. The van der Waals surface area contributed by atoms with Crippen molar-refractivity contribution in [3.63, 3.8) is 0 Å². The van der Waals surface area contributed by atoms with Crippen LogP contribution in [0, 0.1) is 6.92 Å². The zero-order valence-corrected chi connectivity index (χ0v) is 14.1. The fourth-order valence-corrected chi connectivity index (χ4v) is 3.54. The van der Waals surface area contributed by atoms with E-state index >= 15 is 0 Å². The number of hydrogen-bond donors (Lipinski definition) is 2. The maximum atomic E-state index is 12.1. The molecule has 0 aromatic heterocycles. The summed E-state index contributed by atoms with van der Waals surface area (Å²) in [5, 5.41) is 7.03. The molecular weight excluding hydrogens is 280 g/mol. The number of aryl methyl sites for hydroxylation is 1. The van der Waals surface area contributed by atoms with E-state index in [-0.39, 0.29) is 5.91 Å². The fourth-order valence-electron chi connectivity index (χ4n) is 2.52. The van der Waals surface area contributed by atoms with Gasteiger partial charge in [-0.25, -0.2) is 0 Å². The van der Waals surface area contributed by atoms with Crippen molar-refractivity contribution in [3.8, 4) is 0 Å². The van der Waals surface area contributed by atoms with Crippen molar-refractivity contribution < 1.29 is 4.79 Å². The van der Waals surface area contributed by atoms with Gasteiger partial charge in [-0.15, -0.1) is 11.8 Å². The zero-order valence-electron chi connectivity index (χ0n) is 13.2. The molecule has 1 aliphatic rings. The van der Waals surface area contributed by atoms with E-state index in [1.54, 1.807) is 0 Å². The highest BCUT2D eigenvalue weighted by Gasteiger charge is 2.18. The predicted molar refractivity (Wildman–Crippen MR) is 91.1 cm³/mol. The van der Waals surface area contributed by atoms with Gasteiger partial charge in [0.25, 0.3) is 0 Å². The first kappa shape index (κ1) is 16.4. The molecule has 1 aromatic carbocycles. The van der Waals surface area contributed by atoms with Crippen LogP contribution < -0.4 is 10.6 Å². The molecule has 2 rings (SSSR count). The van der Waals surface area contributed by atoms with Gasteiger partial charge in [-0.3, -0.25) is 4.79 Å². The minimum Gasteiger partial charge on any atom is -0.326 e. The van der Waals surface area contributed by atoms with Crippen LogP contribution in [-0.2, 0) is 4.79 Å². The molecule has 0 bridgehead atoms. The van der Waals surface area contributed by atoms with Crippen LogP contribution in [0.25, 0.3) is 0 Å². The third-order valence-corrected chi connectivity index (χ3v) is 5.24. The second kappa shape index (κ2) is 7.85.